The number of aryl methyl sites for hydroxylation is 1. The first kappa shape index (κ1) is 12.0. The van der Waals surface area contributed by atoms with Crippen LogP contribution < -0.4 is 5.32 Å². The van der Waals surface area contributed by atoms with Crippen molar-refractivity contribution < 1.29 is 0 Å². The van der Waals surface area contributed by atoms with E-state index < -0.39 is 0 Å². The third kappa shape index (κ3) is 3.78. The predicted octanol–water partition coefficient (Wildman–Crippen LogP) is 2.54. The average Bonchev–Trinajstić information content (AvgIpc) is 2.79. The molecule has 0 fully saturated rings. The van der Waals surface area contributed by atoms with Crippen molar-refractivity contribution in [3.8, 4) is 0 Å². The van der Waals surface area contributed by atoms with Crippen LogP contribution in [-0.2, 0) is 12.8 Å². The summed E-state index contributed by atoms with van der Waals surface area (Å²) in [4.78, 5) is 8.41. The van der Waals surface area contributed by atoms with Gasteiger partial charge in [0, 0.05) is 36.9 Å². The molecule has 0 saturated carbocycles. The molecule has 17 heavy (non-hydrogen) atoms. The molecule has 0 bridgehead atoms. The second-order valence-electron chi connectivity index (χ2n) is 3.80. The van der Waals surface area contributed by atoms with E-state index in [1.165, 1.54) is 17.1 Å². The van der Waals surface area contributed by atoms with Gasteiger partial charge >= 0.3 is 0 Å². The normalized spacial score (nSPS) is 10.4. The Balaban J connectivity index is 1.78. The monoisotopic (exact) mass is 248 g/mol. The van der Waals surface area contributed by atoms with E-state index in [1.807, 2.05) is 24.5 Å². The number of pyridine rings is 1. The topological polar surface area (TPSA) is 50.7 Å². The van der Waals surface area contributed by atoms with E-state index in [2.05, 4.69) is 26.6 Å². The first-order valence-corrected chi connectivity index (χ1v) is 6.61. The quantitative estimate of drug-likeness (QED) is 0.853. The molecule has 5 heteroatoms. The van der Waals surface area contributed by atoms with Gasteiger partial charge in [-0.05, 0) is 30.5 Å². The number of hydrogen-bond donors (Lipinski definition) is 1. The number of anilines is 1. The maximum Gasteiger partial charge on any atom is 0.202 e. The molecule has 90 valence electrons. The number of aromatic nitrogens is 3. The lowest BCUT2D eigenvalue weighted by molar-refractivity contribution is 0.860. The largest absolute Gasteiger partial charge is 0.360 e. The van der Waals surface area contributed by atoms with Gasteiger partial charge < -0.3 is 5.32 Å². The van der Waals surface area contributed by atoms with Crippen LogP contribution in [0.2, 0.25) is 0 Å². The van der Waals surface area contributed by atoms with Crippen molar-refractivity contribution in [2.45, 2.75) is 26.2 Å². The van der Waals surface area contributed by atoms with Crippen LogP contribution >= 0.6 is 11.5 Å². The van der Waals surface area contributed by atoms with E-state index in [1.54, 1.807) is 0 Å². The van der Waals surface area contributed by atoms with Gasteiger partial charge in [-0.2, -0.15) is 4.37 Å². The minimum atomic E-state index is 0.880. The summed E-state index contributed by atoms with van der Waals surface area (Å²) in [7, 11) is 0. The summed E-state index contributed by atoms with van der Waals surface area (Å²) in [6.07, 6.45) is 6.67. The second-order valence-corrected chi connectivity index (χ2v) is 4.55. The summed E-state index contributed by atoms with van der Waals surface area (Å²) < 4.78 is 4.29. The van der Waals surface area contributed by atoms with Crippen molar-refractivity contribution in [3.05, 3.63) is 35.9 Å². The first-order valence-electron chi connectivity index (χ1n) is 5.84. The van der Waals surface area contributed by atoms with Gasteiger partial charge in [-0.3, -0.25) is 4.98 Å². The van der Waals surface area contributed by atoms with Gasteiger partial charge in [-0.15, -0.1) is 0 Å². The highest BCUT2D eigenvalue weighted by Crippen LogP contribution is 2.12. The lowest BCUT2D eigenvalue weighted by atomic mass is 10.2. The van der Waals surface area contributed by atoms with E-state index in [9.17, 15) is 0 Å². The van der Waals surface area contributed by atoms with Crippen molar-refractivity contribution in [2.75, 3.05) is 11.9 Å². The molecule has 0 spiro atoms. The standard InChI is InChI=1S/C12H16N4S/c1-2-3-11-15-12(17-16-11)14-9-6-10-4-7-13-8-5-10/h4-5,7-8H,2-3,6,9H2,1H3,(H,14,15,16). The average molecular weight is 248 g/mol. The zero-order valence-corrected chi connectivity index (χ0v) is 10.7. The van der Waals surface area contributed by atoms with Gasteiger partial charge in [0.05, 0.1) is 0 Å². The van der Waals surface area contributed by atoms with Gasteiger partial charge in [-0.1, -0.05) is 6.92 Å². The van der Waals surface area contributed by atoms with Crippen molar-refractivity contribution in [1.29, 1.82) is 0 Å². The van der Waals surface area contributed by atoms with Crippen LogP contribution in [0, 0.1) is 0 Å². The van der Waals surface area contributed by atoms with Crippen LogP contribution in [-0.4, -0.2) is 20.9 Å². The van der Waals surface area contributed by atoms with E-state index in [4.69, 9.17) is 0 Å². The third-order valence-corrected chi connectivity index (χ3v) is 3.09. The summed E-state index contributed by atoms with van der Waals surface area (Å²) in [6.45, 7) is 3.02. The van der Waals surface area contributed by atoms with E-state index in [0.717, 1.165) is 36.8 Å². The second kappa shape index (κ2) is 6.30. The van der Waals surface area contributed by atoms with Crippen molar-refractivity contribution in [2.24, 2.45) is 0 Å². The maximum atomic E-state index is 4.42. The zero-order valence-electron chi connectivity index (χ0n) is 9.89. The van der Waals surface area contributed by atoms with Crippen LogP contribution in [0.5, 0.6) is 0 Å². The third-order valence-electron chi connectivity index (χ3n) is 2.38. The molecule has 2 aromatic heterocycles. The van der Waals surface area contributed by atoms with E-state index in [0.29, 0.717) is 0 Å². The molecule has 0 radical (unpaired) electrons. The first-order chi connectivity index (χ1) is 8.38. The maximum absolute atomic E-state index is 4.42. The highest BCUT2D eigenvalue weighted by atomic mass is 32.1. The smallest absolute Gasteiger partial charge is 0.202 e. The molecule has 2 rings (SSSR count). The minimum Gasteiger partial charge on any atom is -0.360 e. The molecule has 0 aliphatic heterocycles. The number of nitrogens with zero attached hydrogens (tertiary/aromatic N) is 3. The van der Waals surface area contributed by atoms with Gasteiger partial charge in [0.15, 0.2) is 0 Å². The van der Waals surface area contributed by atoms with Crippen LogP contribution in [0.4, 0.5) is 5.13 Å². The van der Waals surface area contributed by atoms with Crippen LogP contribution in [0.1, 0.15) is 24.7 Å². The Kier molecular flexibility index (Phi) is 4.44. The molecular weight excluding hydrogens is 232 g/mol. The summed E-state index contributed by atoms with van der Waals surface area (Å²) in [5, 5.41) is 4.22. The Morgan fingerprint density at radius 2 is 2.06 bits per heavy atom. The predicted molar refractivity (Wildman–Crippen MR) is 70.3 cm³/mol. The Morgan fingerprint density at radius 3 is 2.82 bits per heavy atom. The molecule has 0 atom stereocenters. The number of rotatable bonds is 6. The van der Waals surface area contributed by atoms with Gasteiger partial charge in [-0.25, -0.2) is 4.98 Å². The molecule has 0 unspecified atom stereocenters. The number of hydrogen-bond acceptors (Lipinski definition) is 5. The highest BCUT2D eigenvalue weighted by molar-refractivity contribution is 7.09. The minimum absolute atomic E-state index is 0.880. The molecular formula is C12H16N4S. The molecule has 0 amide bonds. The highest BCUT2D eigenvalue weighted by Gasteiger charge is 2.02. The molecule has 0 saturated heterocycles. The summed E-state index contributed by atoms with van der Waals surface area (Å²) in [5.74, 6) is 0.948. The lowest BCUT2D eigenvalue weighted by Crippen LogP contribution is -2.04. The SMILES string of the molecule is CCCc1nsc(NCCc2ccncc2)n1. The van der Waals surface area contributed by atoms with Gasteiger partial charge in [0.2, 0.25) is 5.13 Å². The van der Waals surface area contributed by atoms with Crippen LogP contribution in [0.25, 0.3) is 0 Å². The van der Waals surface area contributed by atoms with Crippen LogP contribution in [0.15, 0.2) is 24.5 Å². The molecule has 0 aliphatic carbocycles. The molecule has 2 heterocycles. The summed E-state index contributed by atoms with van der Waals surface area (Å²) >= 11 is 1.44. The molecule has 0 aromatic carbocycles. The van der Waals surface area contributed by atoms with E-state index in [-0.39, 0.29) is 0 Å². The van der Waals surface area contributed by atoms with E-state index >= 15 is 0 Å². The fraction of sp³-hybridized carbons (Fsp3) is 0.417. The summed E-state index contributed by atoms with van der Waals surface area (Å²) in [5.41, 5.74) is 1.28. The van der Waals surface area contributed by atoms with Gasteiger partial charge in [0.1, 0.15) is 5.82 Å². The molecule has 2 aromatic rings. The Morgan fingerprint density at radius 1 is 1.24 bits per heavy atom. The Labute approximate surface area is 105 Å². The Hall–Kier alpha value is -1.49. The van der Waals surface area contributed by atoms with Crippen LogP contribution in [0.3, 0.4) is 0 Å². The van der Waals surface area contributed by atoms with Crippen molar-refractivity contribution in [3.63, 3.8) is 0 Å². The van der Waals surface area contributed by atoms with Gasteiger partial charge in [0.25, 0.3) is 0 Å². The van der Waals surface area contributed by atoms with Crippen molar-refractivity contribution in [1.82, 2.24) is 14.3 Å². The lowest BCUT2D eigenvalue weighted by Gasteiger charge is -2.01. The number of nitrogens with one attached hydrogen (secondary N) is 1. The Bertz CT molecular complexity index is 441. The molecule has 1 N–H and O–H groups in total. The zero-order chi connectivity index (χ0) is 11.9. The molecule has 0 aliphatic rings. The fourth-order valence-electron chi connectivity index (χ4n) is 1.51. The van der Waals surface area contributed by atoms with Crippen molar-refractivity contribution >= 4 is 16.7 Å². The molecule has 4 nitrogen and oxygen atoms in total. The summed E-state index contributed by atoms with van der Waals surface area (Å²) in [6, 6.07) is 4.06. The fourth-order valence-corrected chi connectivity index (χ4v) is 2.15.